The lowest BCUT2D eigenvalue weighted by Gasteiger charge is -2.35. The van der Waals surface area contributed by atoms with Crippen LogP contribution < -0.4 is 5.43 Å². The molecule has 2 N–H and O–H groups in total. The first-order chi connectivity index (χ1) is 16.2. The van der Waals surface area contributed by atoms with Crippen LogP contribution in [0.4, 0.5) is 5.69 Å². The van der Waals surface area contributed by atoms with Crippen LogP contribution in [0.3, 0.4) is 0 Å². The van der Waals surface area contributed by atoms with Gasteiger partial charge in [-0.05, 0) is 18.6 Å². The second-order valence-electron chi connectivity index (χ2n) is 9.39. The zero-order valence-electron chi connectivity index (χ0n) is 20.4. The number of nitrogens with zero attached hydrogens (tertiary/aromatic N) is 3. The topological polar surface area (TPSA) is 77.3 Å². The molecule has 1 unspecified atom stereocenters. The summed E-state index contributed by atoms with van der Waals surface area (Å²) in [6, 6.07) is 7.62. The van der Waals surface area contributed by atoms with Gasteiger partial charge in [0.05, 0.1) is 12.2 Å². The molecule has 0 bridgehead atoms. The number of unbranched alkanes of at least 4 members (excludes halogenated alkanes) is 13. The molecule has 1 aromatic rings. The second-order valence-corrected chi connectivity index (χ2v) is 9.39. The molecule has 0 spiro atoms. The van der Waals surface area contributed by atoms with Gasteiger partial charge in [0.15, 0.2) is 11.7 Å². The molecule has 6 heteroatoms. The van der Waals surface area contributed by atoms with E-state index >= 15 is 0 Å². The quantitative estimate of drug-likeness (QED) is 0.298. The number of aliphatic hydroxyl groups excluding tert-OH is 1. The van der Waals surface area contributed by atoms with E-state index < -0.39 is 6.10 Å². The molecule has 6 nitrogen and oxygen atoms in total. The third-order valence-electron chi connectivity index (χ3n) is 6.57. The largest absolute Gasteiger partial charge is 0.385 e. The molecule has 1 amide bonds. The Morgan fingerprint density at radius 1 is 0.879 bits per heavy atom. The van der Waals surface area contributed by atoms with Crippen LogP contribution in [0.25, 0.3) is 0 Å². The fraction of sp³-hybridized carbons (Fsp3) is 0.667. The van der Waals surface area contributed by atoms with Crippen molar-refractivity contribution in [3.05, 3.63) is 29.8 Å². The van der Waals surface area contributed by atoms with Crippen molar-refractivity contribution in [2.45, 2.75) is 109 Å². The van der Waals surface area contributed by atoms with Crippen molar-refractivity contribution >= 4 is 23.3 Å². The smallest absolute Gasteiger partial charge is 0.263 e. The number of hydrogen-bond donors (Lipinski definition) is 2. The minimum Gasteiger partial charge on any atom is -0.385 e. The molecule has 3 rings (SSSR count). The van der Waals surface area contributed by atoms with Gasteiger partial charge in [0.25, 0.3) is 5.91 Å². The van der Waals surface area contributed by atoms with Crippen LogP contribution in [0.2, 0.25) is 0 Å². The van der Waals surface area contributed by atoms with E-state index in [4.69, 9.17) is 0 Å². The molecule has 0 saturated carbocycles. The number of nitrogens with one attached hydrogen (secondary N) is 1. The lowest BCUT2D eigenvalue weighted by atomic mass is 10.0. The van der Waals surface area contributed by atoms with Crippen molar-refractivity contribution in [2.24, 2.45) is 9.98 Å². The van der Waals surface area contributed by atoms with Gasteiger partial charge in [0, 0.05) is 5.56 Å². The SMILES string of the molecule is CCCCCCCCCCCCCCCCC(O)C1=Nc2ccccc2C2=NC(=O)CNN21. The summed E-state index contributed by atoms with van der Waals surface area (Å²) >= 11 is 0. The standard InChI is InChI=1S/C27H42N4O2/c1-2-3-4-5-6-7-8-9-10-11-12-13-14-15-20-24(32)27-29-23-19-17-16-18-22(23)26-30-25(33)21-28-31(26)27/h16-19,24,28,32H,2-15,20-21H2,1H3. The van der Waals surface area contributed by atoms with Crippen LogP contribution in [-0.2, 0) is 4.79 Å². The van der Waals surface area contributed by atoms with Gasteiger partial charge in [-0.1, -0.05) is 109 Å². The number of benzene rings is 1. The van der Waals surface area contributed by atoms with Gasteiger partial charge >= 0.3 is 0 Å². The fourth-order valence-corrected chi connectivity index (χ4v) is 4.62. The third kappa shape index (κ3) is 8.04. The minimum absolute atomic E-state index is 0.121. The van der Waals surface area contributed by atoms with Crippen molar-refractivity contribution in [3.63, 3.8) is 0 Å². The number of aliphatic imine (C=N–C) groups is 2. The number of hydrazine groups is 1. The van der Waals surface area contributed by atoms with Crippen molar-refractivity contribution in [3.8, 4) is 0 Å². The Labute approximate surface area is 199 Å². The summed E-state index contributed by atoms with van der Waals surface area (Å²) in [6.45, 7) is 2.39. The molecule has 2 aliphatic rings. The first kappa shape index (κ1) is 25.6. The van der Waals surface area contributed by atoms with Crippen LogP contribution in [0, 0.1) is 0 Å². The van der Waals surface area contributed by atoms with E-state index in [0.717, 1.165) is 24.1 Å². The summed E-state index contributed by atoms with van der Waals surface area (Å²) in [5.74, 6) is 0.861. The Morgan fingerprint density at radius 2 is 1.45 bits per heavy atom. The zero-order chi connectivity index (χ0) is 23.3. The van der Waals surface area contributed by atoms with Crippen LogP contribution in [0.5, 0.6) is 0 Å². The number of rotatable bonds is 16. The number of carbonyl (C=O) groups is 1. The Bertz CT molecular complexity index is 805. The van der Waals surface area contributed by atoms with E-state index in [9.17, 15) is 9.90 Å². The van der Waals surface area contributed by atoms with Crippen LogP contribution >= 0.6 is 0 Å². The highest BCUT2D eigenvalue weighted by Gasteiger charge is 2.33. The Balaban J connectivity index is 1.31. The summed E-state index contributed by atoms with van der Waals surface area (Å²) in [4.78, 5) is 20.7. The predicted molar refractivity (Wildman–Crippen MR) is 136 cm³/mol. The fourth-order valence-electron chi connectivity index (χ4n) is 4.62. The lowest BCUT2D eigenvalue weighted by molar-refractivity contribution is -0.118. The molecule has 0 radical (unpaired) electrons. The number of aliphatic hydroxyl groups is 1. The van der Waals surface area contributed by atoms with Gasteiger partial charge in [0.2, 0.25) is 0 Å². The van der Waals surface area contributed by atoms with Gasteiger partial charge in [-0.15, -0.1) is 0 Å². The summed E-state index contributed by atoms with van der Waals surface area (Å²) in [7, 11) is 0. The third-order valence-corrected chi connectivity index (χ3v) is 6.57. The molecule has 2 aliphatic heterocycles. The Hall–Kier alpha value is -2.05. The molecular weight excluding hydrogens is 412 g/mol. The van der Waals surface area contributed by atoms with Crippen molar-refractivity contribution < 1.29 is 9.90 Å². The number of fused-ring (bicyclic) bond motifs is 3. The summed E-state index contributed by atoms with van der Waals surface area (Å²) in [5.41, 5.74) is 4.62. The molecule has 0 saturated heterocycles. The summed E-state index contributed by atoms with van der Waals surface area (Å²) in [5, 5.41) is 12.5. The molecular formula is C27H42N4O2. The first-order valence-corrected chi connectivity index (χ1v) is 13.2. The highest BCUT2D eigenvalue weighted by molar-refractivity contribution is 6.19. The number of hydrogen-bond acceptors (Lipinski definition) is 5. The molecule has 0 aliphatic carbocycles. The zero-order valence-corrected chi connectivity index (χ0v) is 20.4. The average molecular weight is 455 g/mol. The number of amides is 1. The predicted octanol–water partition coefficient (Wildman–Crippen LogP) is 6.06. The van der Waals surface area contributed by atoms with Crippen LogP contribution in [-0.4, -0.2) is 40.3 Å². The molecule has 2 heterocycles. The van der Waals surface area contributed by atoms with Gasteiger partial charge in [-0.3, -0.25) is 4.79 Å². The number of carbonyl (C=O) groups excluding carboxylic acids is 1. The van der Waals surface area contributed by atoms with Crippen LogP contribution in [0.15, 0.2) is 34.3 Å². The van der Waals surface area contributed by atoms with Gasteiger partial charge < -0.3 is 5.11 Å². The molecule has 33 heavy (non-hydrogen) atoms. The maximum atomic E-state index is 11.8. The summed E-state index contributed by atoms with van der Waals surface area (Å²) < 4.78 is 0. The van der Waals surface area contributed by atoms with E-state index in [1.165, 1.54) is 77.0 Å². The molecule has 182 valence electrons. The van der Waals surface area contributed by atoms with Crippen molar-refractivity contribution in [2.75, 3.05) is 6.54 Å². The maximum absolute atomic E-state index is 11.8. The van der Waals surface area contributed by atoms with E-state index in [-0.39, 0.29) is 12.5 Å². The second kappa shape index (κ2) is 14.3. The summed E-state index contributed by atoms with van der Waals surface area (Å²) in [6.07, 6.45) is 18.4. The van der Waals surface area contributed by atoms with Gasteiger partial charge in [-0.2, -0.15) is 4.99 Å². The van der Waals surface area contributed by atoms with Gasteiger partial charge in [0.1, 0.15) is 6.10 Å². The molecule has 0 aromatic heterocycles. The average Bonchev–Trinajstić information content (AvgIpc) is 2.83. The molecule has 0 fully saturated rings. The highest BCUT2D eigenvalue weighted by Crippen LogP contribution is 2.28. The van der Waals surface area contributed by atoms with Crippen molar-refractivity contribution in [1.82, 2.24) is 10.4 Å². The monoisotopic (exact) mass is 454 g/mol. The molecule has 1 atom stereocenters. The van der Waals surface area contributed by atoms with Crippen molar-refractivity contribution in [1.29, 1.82) is 0 Å². The van der Waals surface area contributed by atoms with E-state index in [1.54, 1.807) is 5.01 Å². The first-order valence-electron chi connectivity index (χ1n) is 13.2. The van der Waals surface area contributed by atoms with Gasteiger partial charge in [-0.25, -0.2) is 15.4 Å². The van der Waals surface area contributed by atoms with E-state index in [0.29, 0.717) is 18.1 Å². The van der Waals surface area contributed by atoms with E-state index in [2.05, 4.69) is 22.3 Å². The number of para-hydroxylation sites is 1. The Kier molecular flexibility index (Phi) is 11.1. The van der Waals surface area contributed by atoms with Crippen LogP contribution in [0.1, 0.15) is 109 Å². The number of amidine groups is 2. The minimum atomic E-state index is -0.679. The lowest BCUT2D eigenvalue weighted by Crippen LogP contribution is -2.56. The Morgan fingerprint density at radius 3 is 2.09 bits per heavy atom. The highest BCUT2D eigenvalue weighted by atomic mass is 16.3. The molecule has 1 aromatic carbocycles. The van der Waals surface area contributed by atoms with E-state index in [1.807, 2.05) is 24.3 Å². The maximum Gasteiger partial charge on any atom is 0.263 e. The normalized spacial score (nSPS) is 16.2.